The number of rotatable bonds is 4. The van der Waals surface area contributed by atoms with Crippen LogP contribution in [0.3, 0.4) is 0 Å². The molecule has 0 spiro atoms. The van der Waals surface area contributed by atoms with Crippen LogP contribution in [0.1, 0.15) is 34.0 Å². The van der Waals surface area contributed by atoms with Crippen LogP contribution in [0.25, 0.3) is 0 Å². The molecule has 0 radical (unpaired) electrons. The fourth-order valence-electron chi connectivity index (χ4n) is 4.09. The van der Waals surface area contributed by atoms with E-state index in [0.717, 1.165) is 28.8 Å². The largest absolute Gasteiger partial charge is 0.305 e. The van der Waals surface area contributed by atoms with Crippen LogP contribution in [0.2, 0.25) is 0 Å². The molecule has 3 aromatic carbocycles. The van der Waals surface area contributed by atoms with Gasteiger partial charge in [0.25, 0.3) is 15.9 Å². The SMILES string of the molecule is Cc1ccc(S(=O)(=O)N(C)c2cc(C(=O)N3c4ccccc4C[C@H]3C)ccc2C)cc1. The molecule has 1 atom stereocenters. The highest BCUT2D eigenvalue weighted by Gasteiger charge is 2.32. The lowest BCUT2D eigenvalue weighted by Crippen LogP contribution is -2.36. The van der Waals surface area contributed by atoms with Gasteiger partial charge in [0, 0.05) is 24.3 Å². The Kier molecular flexibility index (Phi) is 5.35. The highest BCUT2D eigenvalue weighted by atomic mass is 32.2. The summed E-state index contributed by atoms with van der Waals surface area (Å²) >= 11 is 0. The van der Waals surface area contributed by atoms with Crippen molar-refractivity contribution in [2.45, 2.75) is 38.1 Å². The van der Waals surface area contributed by atoms with Gasteiger partial charge in [-0.05, 0) is 68.7 Å². The van der Waals surface area contributed by atoms with Crippen molar-refractivity contribution in [3.8, 4) is 0 Å². The van der Waals surface area contributed by atoms with Crippen LogP contribution in [-0.2, 0) is 16.4 Å². The summed E-state index contributed by atoms with van der Waals surface area (Å²) < 4.78 is 27.6. The van der Waals surface area contributed by atoms with Crippen LogP contribution in [0.4, 0.5) is 11.4 Å². The molecule has 0 aromatic heterocycles. The lowest BCUT2D eigenvalue weighted by molar-refractivity contribution is 0.0981. The summed E-state index contributed by atoms with van der Waals surface area (Å²) in [7, 11) is -2.22. The van der Waals surface area contributed by atoms with Gasteiger partial charge >= 0.3 is 0 Å². The van der Waals surface area contributed by atoms with E-state index in [2.05, 4.69) is 0 Å². The summed E-state index contributed by atoms with van der Waals surface area (Å²) in [5.74, 6) is -0.125. The minimum Gasteiger partial charge on any atom is -0.305 e. The van der Waals surface area contributed by atoms with Gasteiger partial charge in [-0.1, -0.05) is 42.0 Å². The molecule has 160 valence electrons. The van der Waals surface area contributed by atoms with Crippen LogP contribution >= 0.6 is 0 Å². The Balaban J connectivity index is 1.71. The molecule has 0 saturated heterocycles. The third-order valence-corrected chi connectivity index (χ3v) is 7.69. The Hall–Kier alpha value is -3.12. The molecule has 0 N–H and O–H groups in total. The van der Waals surface area contributed by atoms with Crippen molar-refractivity contribution in [2.24, 2.45) is 0 Å². The standard InChI is InChI=1S/C25H26N2O3S/c1-17-9-13-22(14-10-17)31(29,30)26(4)24-16-21(12-11-18(24)2)25(28)27-19(3)15-20-7-5-6-8-23(20)27/h5-14,16,19H,15H2,1-4H3/t19-/m1/s1. The zero-order valence-corrected chi connectivity index (χ0v) is 19.0. The van der Waals surface area contributed by atoms with E-state index in [9.17, 15) is 13.2 Å². The monoisotopic (exact) mass is 434 g/mol. The normalized spacial score (nSPS) is 15.6. The maximum Gasteiger partial charge on any atom is 0.264 e. The van der Waals surface area contributed by atoms with Crippen molar-refractivity contribution in [3.05, 3.63) is 89.0 Å². The zero-order chi connectivity index (χ0) is 22.3. The van der Waals surface area contributed by atoms with Gasteiger partial charge in [0.05, 0.1) is 10.6 Å². The Bertz CT molecular complexity index is 1250. The first-order chi connectivity index (χ1) is 14.7. The molecule has 1 aliphatic heterocycles. The van der Waals surface area contributed by atoms with Crippen molar-refractivity contribution in [3.63, 3.8) is 0 Å². The van der Waals surface area contributed by atoms with Gasteiger partial charge in [-0.25, -0.2) is 8.42 Å². The van der Waals surface area contributed by atoms with E-state index in [-0.39, 0.29) is 16.8 Å². The summed E-state index contributed by atoms with van der Waals surface area (Å²) in [6, 6.07) is 20.0. The number of fused-ring (bicyclic) bond motifs is 1. The van der Waals surface area contributed by atoms with Gasteiger partial charge < -0.3 is 4.90 Å². The molecular weight excluding hydrogens is 408 g/mol. The number of benzene rings is 3. The van der Waals surface area contributed by atoms with Crippen LogP contribution in [0.15, 0.2) is 71.6 Å². The molecule has 0 bridgehead atoms. The number of anilines is 2. The minimum atomic E-state index is -3.74. The van der Waals surface area contributed by atoms with E-state index in [1.54, 1.807) is 47.4 Å². The van der Waals surface area contributed by atoms with Crippen molar-refractivity contribution in [1.82, 2.24) is 0 Å². The number of hydrogen-bond acceptors (Lipinski definition) is 3. The number of aryl methyl sites for hydroxylation is 2. The number of amides is 1. The Morgan fingerprint density at radius 3 is 2.39 bits per heavy atom. The number of carbonyl (C=O) groups excluding carboxylic acids is 1. The van der Waals surface area contributed by atoms with E-state index in [4.69, 9.17) is 0 Å². The maximum atomic E-state index is 13.4. The second-order valence-corrected chi connectivity index (χ2v) is 10.1. The molecule has 0 saturated carbocycles. The summed E-state index contributed by atoms with van der Waals surface area (Å²) in [5.41, 5.74) is 4.80. The molecule has 6 heteroatoms. The third-order valence-electron chi connectivity index (χ3n) is 5.90. The number of para-hydroxylation sites is 1. The quantitative estimate of drug-likeness (QED) is 0.597. The van der Waals surface area contributed by atoms with Gasteiger partial charge in [0.2, 0.25) is 0 Å². The van der Waals surface area contributed by atoms with Gasteiger partial charge in [-0.3, -0.25) is 9.10 Å². The number of sulfonamides is 1. The summed E-state index contributed by atoms with van der Waals surface area (Å²) in [5, 5.41) is 0. The van der Waals surface area contributed by atoms with Gasteiger partial charge in [-0.15, -0.1) is 0 Å². The zero-order valence-electron chi connectivity index (χ0n) is 18.2. The number of nitrogens with zero attached hydrogens (tertiary/aromatic N) is 2. The highest BCUT2D eigenvalue weighted by molar-refractivity contribution is 7.92. The van der Waals surface area contributed by atoms with Gasteiger partial charge in [0.1, 0.15) is 0 Å². The van der Waals surface area contributed by atoms with Gasteiger partial charge in [-0.2, -0.15) is 0 Å². The third kappa shape index (κ3) is 3.72. The first kappa shape index (κ1) is 21.1. The van der Waals surface area contributed by atoms with E-state index in [0.29, 0.717) is 11.3 Å². The molecule has 5 nitrogen and oxygen atoms in total. The fourth-order valence-corrected chi connectivity index (χ4v) is 5.35. The molecule has 31 heavy (non-hydrogen) atoms. The number of hydrogen-bond donors (Lipinski definition) is 0. The van der Waals surface area contributed by atoms with Gasteiger partial charge in [0.15, 0.2) is 0 Å². The lowest BCUT2D eigenvalue weighted by atomic mass is 10.1. The first-order valence-corrected chi connectivity index (χ1v) is 11.7. The first-order valence-electron chi connectivity index (χ1n) is 10.3. The minimum absolute atomic E-state index is 0.0451. The van der Waals surface area contributed by atoms with E-state index >= 15 is 0 Å². The Labute approximate surface area is 184 Å². The van der Waals surface area contributed by atoms with Crippen molar-refractivity contribution >= 4 is 27.3 Å². The second kappa shape index (κ2) is 7.85. The summed E-state index contributed by atoms with van der Waals surface area (Å²) in [4.78, 5) is 15.4. The predicted molar refractivity (Wildman–Crippen MR) is 124 cm³/mol. The summed E-state index contributed by atoms with van der Waals surface area (Å²) in [6.07, 6.45) is 0.808. The average Bonchev–Trinajstić information content (AvgIpc) is 3.09. The predicted octanol–water partition coefficient (Wildman–Crippen LogP) is 4.72. The number of carbonyl (C=O) groups is 1. The average molecular weight is 435 g/mol. The molecule has 1 aliphatic rings. The van der Waals surface area contributed by atoms with Crippen molar-refractivity contribution in [1.29, 1.82) is 0 Å². The molecule has 0 aliphatic carbocycles. The molecule has 4 rings (SSSR count). The lowest BCUT2D eigenvalue weighted by Gasteiger charge is -2.25. The van der Waals surface area contributed by atoms with E-state index in [1.165, 1.54) is 11.4 Å². The van der Waals surface area contributed by atoms with E-state index in [1.807, 2.05) is 45.0 Å². The van der Waals surface area contributed by atoms with Crippen LogP contribution < -0.4 is 9.21 Å². The van der Waals surface area contributed by atoms with Crippen LogP contribution in [-0.4, -0.2) is 27.4 Å². The van der Waals surface area contributed by atoms with Crippen molar-refractivity contribution < 1.29 is 13.2 Å². The fraction of sp³-hybridized carbons (Fsp3) is 0.240. The molecule has 0 fully saturated rings. The molecule has 1 amide bonds. The molecule has 0 unspecified atom stereocenters. The topological polar surface area (TPSA) is 57.7 Å². The van der Waals surface area contributed by atoms with Crippen LogP contribution in [0.5, 0.6) is 0 Å². The Morgan fingerprint density at radius 2 is 1.68 bits per heavy atom. The summed E-state index contributed by atoms with van der Waals surface area (Å²) in [6.45, 7) is 5.79. The van der Waals surface area contributed by atoms with Crippen LogP contribution in [0, 0.1) is 13.8 Å². The molecular formula is C25H26N2O3S. The highest BCUT2D eigenvalue weighted by Crippen LogP contribution is 2.34. The maximum absolute atomic E-state index is 13.4. The van der Waals surface area contributed by atoms with E-state index < -0.39 is 10.0 Å². The Morgan fingerprint density at radius 1 is 1.00 bits per heavy atom. The smallest absolute Gasteiger partial charge is 0.264 e. The second-order valence-electron chi connectivity index (χ2n) is 8.14. The molecule has 3 aromatic rings. The van der Waals surface area contributed by atoms with Crippen molar-refractivity contribution in [2.75, 3.05) is 16.3 Å². The molecule has 1 heterocycles.